The molecule has 0 bridgehead atoms. The van der Waals surface area contributed by atoms with Crippen LogP contribution in [0.25, 0.3) is 0 Å². The molecule has 3 aliphatic heterocycles. The molecule has 0 spiro atoms. The number of ether oxygens (including phenoxy) is 6. The quantitative estimate of drug-likeness (QED) is 0.162. The van der Waals surface area contributed by atoms with E-state index in [4.69, 9.17) is 44.7 Å². The molecule has 3 saturated heterocycles. The van der Waals surface area contributed by atoms with E-state index in [1.54, 1.807) is 169 Å². The Morgan fingerprint density at radius 3 is 1.08 bits per heavy atom. The van der Waals surface area contributed by atoms with Crippen molar-refractivity contribution < 1.29 is 57.2 Å². The number of rotatable bonds is 8. The molecule has 0 aromatic carbocycles. The van der Waals surface area contributed by atoms with E-state index in [9.17, 15) is 28.8 Å². The summed E-state index contributed by atoms with van der Waals surface area (Å²) in [5, 5.41) is 16.7. The highest BCUT2D eigenvalue weighted by Gasteiger charge is 2.37. The first-order valence-electron chi connectivity index (χ1n) is 27.8. The van der Waals surface area contributed by atoms with Crippen molar-refractivity contribution in [2.24, 2.45) is 0 Å². The Bertz CT molecular complexity index is 2670. The van der Waals surface area contributed by atoms with Gasteiger partial charge in [0.05, 0.1) is 0 Å². The highest BCUT2D eigenvalue weighted by atomic mass is 79.9. The predicted molar refractivity (Wildman–Crippen MR) is 337 cm³/mol. The summed E-state index contributed by atoms with van der Waals surface area (Å²) in [6.07, 6.45) is 5.47. The molecule has 0 radical (unpaired) electrons. The minimum atomic E-state index is -0.867. The van der Waals surface area contributed by atoms with Gasteiger partial charge in [0.1, 0.15) is 56.0 Å². The Morgan fingerprint density at radius 1 is 0.500 bits per heavy atom. The van der Waals surface area contributed by atoms with Crippen molar-refractivity contribution in [2.45, 2.75) is 208 Å². The van der Waals surface area contributed by atoms with E-state index in [1.165, 1.54) is 12.4 Å². The summed E-state index contributed by atoms with van der Waals surface area (Å²) >= 11 is 7.33. The smallest absolute Gasteiger partial charge is 0.425 e. The van der Waals surface area contributed by atoms with Gasteiger partial charge in [-0.1, -0.05) is 0 Å². The number of hydrogen-bond acceptors (Lipinski definition) is 22. The standard InChI is InChI=1S/2C24H37N3O6S.C10H12N4S.CBrN/c2*1-22(2,3)31-19(28)26-13-11-17(15-26)34-16-10-12-25-18(14-16)27(20(29)32-23(4,5)6)21(30)33-24(7,8)9;11-7-14-4-2-9(6-14)15-8-1-3-13-10(12)5-8;2-1-3/h2*10,12,14,17H,11,13,15H2,1-9H3;1,3,5,9H,2,4,6H2,(H2,12,13);. The lowest BCUT2D eigenvalue weighted by Gasteiger charge is -2.28. The summed E-state index contributed by atoms with van der Waals surface area (Å²) in [6.45, 7) is 35.6. The number of carbonyl (C=O) groups excluding carboxylic acids is 6. The molecule has 0 aliphatic carbocycles. The van der Waals surface area contributed by atoms with Gasteiger partial charge in [-0.15, -0.1) is 35.3 Å². The fourth-order valence-corrected chi connectivity index (χ4v) is 11.1. The van der Waals surface area contributed by atoms with Gasteiger partial charge in [-0.2, -0.15) is 20.3 Å². The van der Waals surface area contributed by atoms with Crippen molar-refractivity contribution in [3.63, 3.8) is 0 Å². The molecule has 6 rings (SSSR count). The number of pyridine rings is 3. The van der Waals surface area contributed by atoms with Crippen LogP contribution in [0.15, 0.2) is 69.7 Å². The Hall–Kier alpha value is -6.42. The fourth-order valence-electron chi connectivity index (χ4n) is 7.57. The second-order valence-corrected chi connectivity index (χ2v) is 30.3. The molecule has 6 heterocycles. The second kappa shape index (κ2) is 32.0. The minimum Gasteiger partial charge on any atom is -0.444 e. The highest BCUT2D eigenvalue weighted by Crippen LogP contribution is 2.35. The van der Waals surface area contributed by atoms with Gasteiger partial charge in [0.25, 0.3) is 0 Å². The summed E-state index contributed by atoms with van der Waals surface area (Å²) in [5.74, 6) is 0.765. The zero-order valence-corrected chi connectivity index (χ0v) is 56.9. The second-order valence-electron chi connectivity index (χ2n) is 25.8. The number of amides is 6. The molecule has 3 fully saturated rings. The van der Waals surface area contributed by atoms with Crippen molar-refractivity contribution in [3.8, 4) is 11.2 Å². The maximum Gasteiger partial charge on any atom is 0.425 e. The Morgan fingerprint density at radius 2 is 0.791 bits per heavy atom. The number of nitriles is 2. The normalized spacial score (nSPS) is 16.8. The molecule has 3 aromatic rings. The number of nitrogens with two attached hydrogens (primary N) is 1. The monoisotopic (exact) mass is 1320 g/mol. The van der Waals surface area contributed by atoms with Gasteiger partial charge in [-0.05, 0) is 180 Å². The molecular formula is C59H86BrN11O12S3. The number of nitrogen functional groups attached to an aromatic ring is 1. The largest absolute Gasteiger partial charge is 0.444 e. The Balaban J connectivity index is 0.000000351. The predicted octanol–water partition coefficient (Wildman–Crippen LogP) is 13.9. The number of hydrogen-bond donors (Lipinski definition) is 1. The van der Waals surface area contributed by atoms with Crippen molar-refractivity contribution in [3.05, 3.63) is 55.0 Å². The van der Waals surface area contributed by atoms with Gasteiger partial charge < -0.3 is 48.9 Å². The first-order valence-corrected chi connectivity index (χ1v) is 31.3. The average molecular weight is 1320 g/mol. The third-order valence-electron chi connectivity index (χ3n) is 10.7. The number of anilines is 3. The van der Waals surface area contributed by atoms with Gasteiger partial charge in [0.2, 0.25) is 0 Å². The third kappa shape index (κ3) is 28.4. The number of thioether (sulfide) groups is 3. The van der Waals surface area contributed by atoms with E-state index in [0.717, 1.165) is 56.8 Å². The number of aromatic nitrogens is 3. The van der Waals surface area contributed by atoms with Crippen molar-refractivity contribution in [1.82, 2.24) is 29.7 Å². The van der Waals surface area contributed by atoms with Gasteiger partial charge in [0, 0.05) is 104 Å². The summed E-state index contributed by atoms with van der Waals surface area (Å²) in [4.78, 5) is 99.7. The molecule has 0 saturated carbocycles. The zero-order chi connectivity index (χ0) is 65.2. The van der Waals surface area contributed by atoms with Gasteiger partial charge in [-0.3, -0.25) is 0 Å². The topological polar surface area (TPSA) is 286 Å². The molecule has 3 aromatic heterocycles. The van der Waals surface area contributed by atoms with E-state index in [0.29, 0.717) is 37.2 Å². The lowest BCUT2D eigenvalue weighted by atomic mass is 10.2. The highest BCUT2D eigenvalue weighted by molar-refractivity contribution is 9.12. The minimum absolute atomic E-state index is 0.107. The van der Waals surface area contributed by atoms with E-state index < -0.39 is 58.0 Å². The maximum atomic E-state index is 12.9. The summed E-state index contributed by atoms with van der Waals surface area (Å²) in [5.41, 5.74) is 1.28. The van der Waals surface area contributed by atoms with E-state index in [1.807, 2.05) is 53.7 Å². The zero-order valence-electron chi connectivity index (χ0n) is 52.8. The van der Waals surface area contributed by atoms with Crippen molar-refractivity contribution >= 4 is 105 Å². The van der Waals surface area contributed by atoms with Crippen LogP contribution in [-0.4, -0.2) is 155 Å². The lowest BCUT2D eigenvalue weighted by molar-refractivity contribution is 0.0285. The first kappa shape index (κ1) is 73.8. The third-order valence-corrected chi connectivity index (χ3v) is 14.5. The van der Waals surface area contributed by atoms with Gasteiger partial charge in [0.15, 0.2) is 6.19 Å². The molecule has 3 aliphatic rings. The number of carbonyl (C=O) groups is 6. The van der Waals surface area contributed by atoms with Crippen molar-refractivity contribution in [2.75, 3.05) is 54.8 Å². The molecular weight excluding hydrogens is 1230 g/mol. The Labute approximate surface area is 528 Å². The lowest BCUT2D eigenvalue weighted by Crippen LogP contribution is -2.44. The van der Waals surface area contributed by atoms with Crippen molar-refractivity contribution in [1.29, 1.82) is 10.5 Å². The summed E-state index contributed by atoms with van der Waals surface area (Å²) < 4.78 is 32.6. The number of imide groups is 2. The number of halogens is 1. The van der Waals surface area contributed by atoms with Gasteiger partial charge >= 0.3 is 36.6 Å². The first-order chi connectivity index (χ1) is 39.6. The van der Waals surface area contributed by atoms with E-state index in [2.05, 4.69) is 37.1 Å². The van der Waals surface area contributed by atoms with E-state index >= 15 is 0 Å². The van der Waals surface area contributed by atoms with Crippen LogP contribution in [0.2, 0.25) is 0 Å². The maximum absolute atomic E-state index is 12.9. The van der Waals surface area contributed by atoms with E-state index in [-0.39, 0.29) is 34.3 Å². The molecule has 27 heteroatoms. The van der Waals surface area contributed by atoms with Crippen LogP contribution in [0.4, 0.5) is 46.2 Å². The summed E-state index contributed by atoms with van der Waals surface area (Å²) in [7, 11) is 0. The van der Waals surface area contributed by atoms with Crippen LogP contribution in [0.5, 0.6) is 0 Å². The summed E-state index contributed by atoms with van der Waals surface area (Å²) in [6, 6.07) is 10.7. The molecule has 23 nitrogen and oxygen atoms in total. The van der Waals surface area contributed by atoms with Crippen LogP contribution in [0.3, 0.4) is 0 Å². The molecule has 6 amide bonds. The van der Waals surface area contributed by atoms with Gasteiger partial charge in [-0.25, -0.2) is 43.7 Å². The molecule has 86 heavy (non-hydrogen) atoms. The molecule has 3 atom stereocenters. The van der Waals surface area contributed by atoms with Crippen LogP contribution >= 0.6 is 51.2 Å². The molecule has 474 valence electrons. The molecule has 2 N–H and O–H groups in total. The number of nitrogens with zero attached hydrogens (tertiary/aromatic N) is 10. The van der Waals surface area contributed by atoms with Crippen LogP contribution < -0.4 is 15.5 Å². The van der Waals surface area contributed by atoms with Crippen LogP contribution in [0.1, 0.15) is 144 Å². The van der Waals surface area contributed by atoms with Crippen LogP contribution in [-0.2, 0) is 28.4 Å². The van der Waals surface area contributed by atoms with Crippen LogP contribution in [0, 0.1) is 21.7 Å². The fraction of sp³-hybridized carbons (Fsp3) is 0.610. The number of likely N-dealkylation sites (tertiary alicyclic amines) is 3. The average Bonchev–Trinajstić information content (AvgIpc) is 4.11. The SMILES string of the molecule is CC(C)(C)OC(=O)N1CCC(Sc2ccnc(N(C(=O)OC(C)(C)C)C(=O)OC(C)(C)C)c2)C1.CC(C)(C)OC(=O)N1CCC(Sc2ccnc(N(C(=O)OC(C)(C)C)C(=O)OC(C)(C)C)c2)C1.N#CBr.N#CN1CCC(Sc2ccnc(N)c2)C1. The molecule has 3 unspecified atom stereocenters. The Kier molecular flexibility index (Phi) is 27.5.